The lowest BCUT2D eigenvalue weighted by Gasteiger charge is -2.12. The van der Waals surface area contributed by atoms with Crippen LogP contribution in [0.1, 0.15) is 31.0 Å². The third kappa shape index (κ3) is 2.81. The second-order valence-corrected chi connectivity index (χ2v) is 7.46. The second kappa shape index (κ2) is 6.23. The zero-order valence-electron chi connectivity index (χ0n) is 13.3. The first-order chi connectivity index (χ1) is 10.6. The number of aromatic nitrogens is 1. The smallest absolute Gasteiger partial charge is 0.190 e. The molecule has 0 bridgehead atoms. The molecule has 3 rings (SSSR count). The summed E-state index contributed by atoms with van der Waals surface area (Å²) in [6.07, 6.45) is 0. The summed E-state index contributed by atoms with van der Waals surface area (Å²) < 4.78 is 2.33. The minimum atomic E-state index is 0.382. The van der Waals surface area contributed by atoms with Gasteiger partial charge in [-0.05, 0) is 56.3 Å². The summed E-state index contributed by atoms with van der Waals surface area (Å²) in [6.45, 7) is 8.70. The Hall–Kier alpha value is -1.65. The van der Waals surface area contributed by atoms with E-state index in [1.54, 1.807) is 22.7 Å². The topological polar surface area (TPSA) is 17.3 Å². The Bertz CT molecular complexity index is 836. The van der Waals surface area contributed by atoms with Crippen LogP contribution in [0, 0.1) is 13.8 Å². The van der Waals surface area contributed by atoms with Gasteiger partial charge in [-0.2, -0.15) is 0 Å². The van der Waals surface area contributed by atoms with Crippen LogP contribution in [0.4, 0.5) is 5.69 Å². The van der Waals surface area contributed by atoms with E-state index in [1.165, 1.54) is 21.7 Å². The number of thiazole rings is 1. The second-order valence-electron chi connectivity index (χ2n) is 5.68. The number of thiophene rings is 1. The van der Waals surface area contributed by atoms with Crippen molar-refractivity contribution >= 4 is 28.4 Å². The maximum Gasteiger partial charge on any atom is 0.190 e. The molecular weight excluding hydrogens is 308 g/mol. The van der Waals surface area contributed by atoms with Crippen molar-refractivity contribution in [2.75, 3.05) is 0 Å². The van der Waals surface area contributed by atoms with Gasteiger partial charge in [0, 0.05) is 11.4 Å². The van der Waals surface area contributed by atoms with E-state index in [4.69, 9.17) is 4.99 Å². The van der Waals surface area contributed by atoms with Crippen LogP contribution >= 0.6 is 22.7 Å². The molecule has 4 heteroatoms. The molecule has 0 saturated carbocycles. The first-order valence-corrected chi connectivity index (χ1v) is 9.18. The lowest BCUT2D eigenvalue weighted by atomic mass is 10.1. The molecule has 0 aliphatic carbocycles. The molecule has 2 aromatic heterocycles. The van der Waals surface area contributed by atoms with Crippen LogP contribution in [0.15, 0.2) is 46.1 Å². The molecule has 22 heavy (non-hydrogen) atoms. The highest BCUT2D eigenvalue weighted by molar-refractivity contribution is 7.14. The van der Waals surface area contributed by atoms with E-state index in [2.05, 4.69) is 73.4 Å². The molecule has 2 nitrogen and oxygen atoms in total. The van der Waals surface area contributed by atoms with Crippen molar-refractivity contribution in [1.29, 1.82) is 0 Å². The van der Waals surface area contributed by atoms with E-state index in [0.29, 0.717) is 6.04 Å². The Balaban J connectivity index is 2.20. The van der Waals surface area contributed by atoms with E-state index in [0.717, 1.165) is 10.5 Å². The van der Waals surface area contributed by atoms with E-state index in [-0.39, 0.29) is 0 Å². The average Bonchev–Trinajstić information content (AvgIpc) is 3.12. The standard InChI is InChI=1S/C18H20N2S2/c1-12(2)20-16(17-9-6-10-21-17)11-22-18(20)19-15-8-5-7-13(3)14(15)4/h5-12H,1-4H3. The molecule has 114 valence electrons. The minimum Gasteiger partial charge on any atom is -0.313 e. The van der Waals surface area contributed by atoms with Crippen LogP contribution in [0.3, 0.4) is 0 Å². The summed E-state index contributed by atoms with van der Waals surface area (Å²) in [6, 6.07) is 11.0. The fourth-order valence-electron chi connectivity index (χ4n) is 2.47. The molecule has 2 heterocycles. The molecule has 0 aliphatic rings. The van der Waals surface area contributed by atoms with Crippen LogP contribution in [0.2, 0.25) is 0 Å². The SMILES string of the molecule is Cc1cccc(N=c2scc(-c3cccs3)n2C(C)C)c1C. The van der Waals surface area contributed by atoms with Crippen molar-refractivity contribution < 1.29 is 0 Å². The zero-order valence-corrected chi connectivity index (χ0v) is 15.0. The molecule has 0 aliphatic heterocycles. The summed E-state index contributed by atoms with van der Waals surface area (Å²) in [5.41, 5.74) is 4.87. The number of benzene rings is 1. The largest absolute Gasteiger partial charge is 0.313 e. The molecule has 0 unspecified atom stereocenters. The molecule has 1 aromatic carbocycles. The number of aryl methyl sites for hydroxylation is 1. The summed E-state index contributed by atoms with van der Waals surface area (Å²) in [4.78, 5) is 7.30. The van der Waals surface area contributed by atoms with E-state index >= 15 is 0 Å². The Labute approximate surface area is 139 Å². The van der Waals surface area contributed by atoms with Gasteiger partial charge >= 0.3 is 0 Å². The highest BCUT2D eigenvalue weighted by Crippen LogP contribution is 2.28. The molecule has 0 saturated heterocycles. The molecule has 0 atom stereocenters. The Morgan fingerprint density at radius 1 is 1.05 bits per heavy atom. The first kappa shape index (κ1) is 15.3. The molecule has 3 aromatic rings. The predicted octanol–water partition coefficient (Wildman–Crippen LogP) is 5.71. The first-order valence-electron chi connectivity index (χ1n) is 7.43. The lowest BCUT2D eigenvalue weighted by molar-refractivity contribution is 0.591. The highest BCUT2D eigenvalue weighted by Gasteiger charge is 2.12. The summed E-state index contributed by atoms with van der Waals surface area (Å²) in [7, 11) is 0. The summed E-state index contributed by atoms with van der Waals surface area (Å²) in [5, 5.41) is 4.34. The minimum absolute atomic E-state index is 0.382. The summed E-state index contributed by atoms with van der Waals surface area (Å²) >= 11 is 3.49. The Morgan fingerprint density at radius 2 is 1.86 bits per heavy atom. The van der Waals surface area contributed by atoms with Crippen LogP contribution in [-0.4, -0.2) is 4.57 Å². The molecule has 0 radical (unpaired) electrons. The van der Waals surface area contributed by atoms with E-state index in [1.807, 2.05) is 0 Å². The zero-order chi connectivity index (χ0) is 15.7. The van der Waals surface area contributed by atoms with Gasteiger partial charge in [-0.25, -0.2) is 4.99 Å². The third-order valence-corrected chi connectivity index (χ3v) is 5.56. The maximum absolute atomic E-state index is 4.94. The van der Waals surface area contributed by atoms with Gasteiger partial charge in [-0.15, -0.1) is 22.7 Å². The molecular formula is C18H20N2S2. The van der Waals surface area contributed by atoms with Crippen molar-refractivity contribution in [1.82, 2.24) is 4.57 Å². The maximum atomic E-state index is 4.94. The Morgan fingerprint density at radius 3 is 2.55 bits per heavy atom. The fourth-order valence-corrected chi connectivity index (χ4v) is 4.31. The van der Waals surface area contributed by atoms with E-state index < -0.39 is 0 Å². The number of nitrogens with zero attached hydrogens (tertiary/aromatic N) is 2. The van der Waals surface area contributed by atoms with Gasteiger partial charge in [0.2, 0.25) is 0 Å². The van der Waals surface area contributed by atoms with Gasteiger partial charge in [0.1, 0.15) is 0 Å². The average molecular weight is 329 g/mol. The van der Waals surface area contributed by atoms with Crippen molar-refractivity contribution in [3.05, 3.63) is 57.0 Å². The van der Waals surface area contributed by atoms with Gasteiger partial charge in [-0.1, -0.05) is 18.2 Å². The number of rotatable bonds is 3. The van der Waals surface area contributed by atoms with Crippen molar-refractivity contribution in [2.45, 2.75) is 33.7 Å². The normalized spacial score (nSPS) is 12.3. The molecule has 0 amide bonds. The van der Waals surface area contributed by atoms with Crippen LogP contribution < -0.4 is 4.80 Å². The summed E-state index contributed by atoms with van der Waals surface area (Å²) in [5.74, 6) is 0. The quantitative estimate of drug-likeness (QED) is 0.586. The molecule has 0 spiro atoms. The van der Waals surface area contributed by atoms with Crippen molar-refractivity contribution in [2.24, 2.45) is 4.99 Å². The number of hydrogen-bond acceptors (Lipinski definition) is 3. The van der Waals surface area contributed by atoms with E-state index in [9.17, 15) is 0 Å². The van der Waals surface area contributed by atoms with Gasteiger partial charge in [0.05, 0.1) is 16.3 Å². The van der Waals surface area contributed by atoms with Gasteiger partial charge < -0.3 is 4.57 Å². The Kier molecular flexibility index (Phi) is 4.32. The molecule has 0 N–H and O–H groups in total. The number of hydrogen-bond donors (Lipinski definition) is 0. The highest BCUT2D eigenvalue weighted by atomic mass is 32.1. The van der Waals surface area contributed by atoms with Crippen molar-refractivity contribution in [3.8, 4) is 10.6 Å². The monoisotopic (exact) mass is 328 g/mol. The van der Waals surface area contributed by atoms with Gasteiger partial charge in [0.15, 0.2) is 4.80 Å². The van der Waals surface area contributed by atoms with Gasteiger partial charge in [0.25, 0.3) is 0 Å². The van der Waals surface area contributed by atoms with Crippen LogP contribution in [-0.2, 0) is 0 Å². The molecule has 0 fully saturated rings. The lowest BCUT2D eigenvalue weighted by Crippen LogP contribution is -2.17. The van der Waals surface area contributed by atoms with Gasteiger partial charge in [-0.3, -0.25) is 0 Å². The predicted molar refractivity (Wildman–Crippen MR) is 97.1 cm³/mol. The van der Waals surface area contributed by atoms with Crippen LogP contribution in [0.5, 0.6) is 0 Å². The fraction of sp³-hybridized carbons (Fsp3) is 0.278. The van der Waals surface area contributed by atoms with Crippen molar-refractivity contribution in [3.63, 3.8) is 0 Å². The van der Waals surface area contributed by atoms with Crippen LogP contribution in [0.25, 0.3) is 10.6 Å². The third-order valence-electron chi connectivity index (χ3n) is 3.82.